The van der Waals surface area contributed by atoms with Crippen molar-refractivity contribution < 1.29 is 9.53 Å². The van der Waals surface area contributed by atoms with E-state index in [0.29, 0.717) is 5.56 Å². The molecule has 2 aliphatic rings. The first kappa shape index (κ1) is 20.2. The van der Waals surface area contributed by atoms with Gasteiger partial charge in [-0.15, -0.1) is 0 Å². The molecule has 3 rings (SSSR count). The molecule has 1 fully saturated rings. The van der Waals surface area contributed by atoms with Gasteiger partial charge in [-0.25, -0.2) is 4.79 Å². The van der Waals surface area contributed by atoms with Crippen LogP contribution in [0, 0.1) is 11.8 Å². The van der Waals surface area contributed by atoms with Crippen molar-refractivity contribution in [2.75, 3.05) is 0 Å². The minimum Gasteiger partial charge on any atom is -0.459 e. The Labute approximate surface area is 165 Å². The predicted molar refractivity (Wildman–Crippen MR) is 113 cm³/mol. The van der Waals surface area contributed by atoms with Crippen LogP contribution in [0.15, 0.2) is 30.3 Å². The van der Waals surface area contributed by atoms with Crippen molar-refractivity contribution in [1.82, 2.24) is 0 Å². The van der Waals surface area contributed by atoms with E-state index in [0.717, 1.165) is 31.1 Å². The van der Waals surface area contributed by atoms with E-state index in [2.05, 4.69) is 32.1 Å². The van der Waals surface area contributed by atoms with E-state index in [1.807, 2.05) is 12.1 Å². The molecule has 2 aliphatic carbocycles. The highest BCUT2D eigenvalue weighted by Crippen LogP contribution is 2.32. The van der Waals surface area contributed by atoms with E-state index in [4.69, 9.17) is 4.74 Å². The van der Waals surface area contributed by atoms with Gasteiger partial charge in [0.15, 0.2) is 0 Å². The molecule has 0 radical (unpaired) electrons. The molecule has 1 saturated carbocycles. The molecule has 0 heterocycles. The van der Waals surface area contributed by atoms with Crippen molar-refractivity contribution >= 4 is 11.5 Å². The molecular formula is C25H36O2. The van der Waals surface area contributed by atoms with Gasteiger partial charge in [-0.1, -0.05) is 57.7 Å². The van der Waals surface area contributed by atoms with Gasteiger partial charge in [0.2, 0.25) is 0 Å². The van der Waals surface area contributed by atoms with Crippen molar-refractivity contribution in [3.8, 4) is 0 Å². The standard InChI is InChI=1S/C25H36O2/c1-3-5-6-20-9-17-24(18-10-20)27-25(26)23-15-13-22(14-16-23)21-11-7-19(4-2)8-12-21/h11,13-16,19-20,24H,3-10,12,17-18H2,1-2H3. The van der Waals surface area contributed by atoms with Crippen LogP contribution >= 0.6 is 0 Å². The second-order valence-corrected chi connectivity index (χ2v) is 8.55. The Bertz CT molecular complexity index is 620. The summed E-state index contributed by atoms with van der Waals surface area (Å²) in [7, 11) is 0. The zero-order valence-corrected chi connectivity index (χ0v) is 17.2. The fraction of sp³-hybridized carbons (Fsp3) is 0.640. The van der Waals surface area contributed by atoms with Gasteiger partial charge in [-0.2, -0.15) is 0 Å². The van der Waals surface area contributed by atoms with Gasteiger partial charge in [0.1, 0.15) is 6.10 Å². The molecule has 0 spiro atoms. The molecule has 0 N–H and O–H groups in total. The summed E-state index contributed by atoms with van der Waals surface area (Å²) >= 11 is 0. The van der Waals surface area contributed by atoms with Gasteiger partial charge < -0.3 is 4.74 Å². The number of carbonyl (C=O) groups excluding carboxylic acids is 1. The molecule has 2 nitrogen and oxygen atoms in total. The lowest BCUT2D eigenvalue weighted by atomic mass is 9.84. The normalized spacial score (nSPS) is 25.7. The Hall–Kier alpha value is -1.57. The SMILES string of the molecule is CCCCC1CCC(OC(=O)c2ccc(C3=CCC(CC)CC3)cc2)CC1. The van der Waals surface area contributed by atoms with Gasteiger partial charge >= 0.3 is 5.97 Å². The fourth-order valence-corrected chi connectivity index (χ4v) is 4.59. The predicted octanol–water partition coefficient (Wildman–Crippen LogP) is 7.19. The fourth-order valence-electron chi connectivity index (χ4n) is 4.59. The van der Waals surface area contributed by atoms with Gasteiger partial charge in [0, 0.05) is 0 Å². The maximum absolute atomic E-state index is 12.5. The molecule has 0 bridgehead atoms. The number of allylic oxidation sites excluding steroid dienone is 2. The lowest BCUT2D eigenvalue weighted by Gasteiger charge is -2.28. The molecular weight excluding hydrogens is 332 g/mol. The lowest BCUT2D eigenvalue weighted by Crippen LogP contribution is -2.24. The third-order valence-corrected chi connectivity index (χ3v) is 6.62. The Morgan fingerprint density at radius 3 is 2.33 bits per heavy atom. The molecule has 1 aromatic carbocycles. The van der Waals surface area contributed by atoms with Crippen molar-refractivity contribution in [2.24, 2.45) is 11.8 Å². The van der Waals surface area contributed by atoms with E-state index >= 15 is 0 Å². The van der Waals surface area contributed by atoms with Crippen LogP contribution < -0.4 is 0 Å². The number of unbranched alkanes of at least 4 members (excludes halogenated alkanes) is 1. The van der Waals surface area contributed by atoms with Crippen LogP contribution in [0.25, 0.3) is 5.57 Å². The summed E-state index contributed by atoms with van der Waals surface area (Å²) in [6, 6.07) is 8.07. The third-order valence-electron chi connectivity index (χ3n) is 6.62. The summed E-state index contributed by atoms with van der Waals surface area (Å²) < 4.78 is 5.79. The number of hydrogen-bond donors (Lipinski definition) is 0. The van der Waals surface area contributed by atoms with Crippen molar-refractivity contribution in [3.63, 3.8) is 0 Å². The topological polar surface area (TPSA) is 26.3 Å². The molecule has 2 heteroatoms. The van der Waals surface area contributed by atoms with E-state index in [1.54, 1.807) is 0 Å². The van der Waals surface area contributed by atoms with Gasteiger partial charge in [0.25, 0.3) is 0 Å². The summed E-state index contributed by atoms with van der Waals surface area (Å²) in [6.45, 7) is 4.53. The van der Waals surface area contributed by atoms with Crippen LogP contribution in [0.4, 0.5) is 0 Å². The summed E-state index contributed by atoms with van der Waals surface area (Å²) in [5, 5.41) is 0. The maximum Gasteiger partial charge on any atom is 0.338 e. The van der Waals surface area contributed by atoms with Gasteiger partial charge in [0.05, 0.1) is 5.56 Å². The summed E-state index contributed by atoms with van der Waals surface area (Å²) in [5.74, 6) is 1.54. The van der Waals surface area contributed by atoms with Crippen LogP contribution in [0.2, 0.25) is 0 Å². The third kappa shape index (κ3) is 5.70. The van der Waals surface area contributed by atoms with E-state index in [-0.39, 0.29) is 12.1 Å². The van der Waals surface area contributed by atoms with Crippen molar-refractivity contribution in [1.29, 1.82) is 0 Å². The van der Waals surface area contributed by atoms with E-state index in [1.165, 1.54) is 62.5 Å². The second-order valence-electron chi connectivity index (χ2n) is 8.55. The molecule has 0 saturated heterocycles. The summed E-state index contributed by atoms with van der Waals surface area (Å²) in [6.07, 6.45) is 15.8. The van der Waals surface area contributed by atoms with Crippen molar-refractivity contribution in [3.05, 3.63) is 41.5 Å². The zero-order chi connectivity index (χ0) is 19.1. The Morgan fingerprint density at radius 2 is 1.74 bits per heavy atom. The summed E-state index contributed by atoms with van der Waals surface area (Å²) in [5.41, 5.74) is 3.39. The molecule has 1 aromatic rings. The first-order valence-electron chi connectivity index (χ1n) is 11.2. The molecule has 0 amide bonds. The lowest BCUT2D eigenvalue weighted by molar-refractivity contribution is 0.0161. The van der Waals surface area contributed by atoms with Gasteiger partial charge in [-0.3, -0.25) is 0 Å². The molecule has 0 aliphatic heterocycles. The minimum atomic E-state index is -0.151. The highest BCUT2D eigenvalue weighted by Gasteiger charge is 2.24. The highest BCUT2D eigenvalue weighted by atomic mass is 16.5. The van der Waals surface area contributed by atoms with Crippen LogP contribution in [-0.2, 0) is 4.74 Å². The Morgan fingerprint density at radius 1 is 1.00 bits per heavy atom. The monoisotopic (exact) mass is 368 g/mol. The number of benzene rings is 1. The number of hydrogen-bond acceptors (Lipinski definition) is 2. The highest BCUT2D eigenvalue weighted by molar-refractivity contribution is 5.90. The molecule has 148 valence electrons. The van der Waals surface area contributed by atoms with Crippen LogP contribution in [0.5, 0.6) is 0 Å². The Balaban J connectivity index is 1.49. The Kier molecular flexibility index (Phi) is 7.55. The smallest absolute Gasteiger partial charge is 0.338 e. The molecule has 27 heavy (non-hydrogen) atoms. The van der Waals surface area contributed by atoms with E-state index in [9.17, 15) is 4.79 Å². The molecule has 1 unspecified atom stereocenters. The van der Waals surface area contributed by atoms with Gasteiger partial charge in [-0.05, 0) is 80.1 Å². The summed E-state index contributed by atoms with van der Waals surface area (Å²) in [4.78, 5) is 12.5. The minimum absolute atomic E-state index is 0.113. The molecule has 0 aromatic heterocycles. The first-order valence-corrected chi connectivity index (χ1v) is 11.2. The zero-order valence-electron chi connectivity index (χ0n) is 17.2. The van der Waals surface area contributed by atoms with Crippen LogP contribution in [0.1, 0.15) is 100 Å². The van der Waals surface area contributed by atoms with Crippen molar-refractivity contribution in [2.45, 2.75) is 90.6 Å². The van der Waals surface area contributed by atoms with Crippen LogP contribution in [0.3, 0.4) is 0 Å². The largest absolute Gasteiger partial charge is 0.459 e. The molecule has 1 atom stereocenters. The second kappa shape index (κ2) is 10.1. The number of rotatable bonds is 7. The average molecular weight is 369 g/mol. The number of esters is 1. The average Bonchev–Trinajstić information content (AvgIpc) is 2.73. The van der Waals surface area contributed by atoms with E-state index < -0.39 is 0 Å². The van der Waals surface area contributed by atoms with Crippen LogP contribution in [-0.4, -0.2) is 12.1 Å². The first-order chi connectivity index (χ1) is 13.2. The number of ether oxygens (including phenoxy) is 1. The maximum atomic E-state index is 12.5. The quantitative estimate of drug-likeness (QED) is 0.476. The number of carbonyl (C=O) groups is 1.